The predicted octanol–water partition coefficient (Wildman–Crippen LogP) is 3.84. The highest BCUT2D eigenvalue weighted by molar-refractivity contribution is 9.10. The van der Waals surface area contributed by atoms with Gasteiger partial charge in [0, 0.05) is 28.1 Å². The van der Waals surface area contributed by atoms with Gasteiger partial charge in [0.25, 0.3) is 5.91 Å². The van der Waals surface area contributed by atoms with Crippen molar-refractivity contribution in [1.29, 1.82) is 0 Å². The van der Waals surface area contributed by atoms with Crippen molar-refractivity contribution in [2.24, 2.45) is 0 Å². The number of halogens is 1. The third kappa shape index (κ3) is 5.19. The highest BCUT2D eigenvalue weighted by Gasteiger charge is 2.16. The molecule has 2 N–H and O–H groups in total. The van der Waals surface area contributed by atoms with Crippen LogP contribution >= 0.6 is 15.9 Å². The molecule has 0 saturated carbocycles. The summed E-state index contributed by atoms with van der Waals surface area (Å²) in [7, 11) is -1.91. The van der Waals surface area contributed by atoms with E-state index >= 15 is 0 Å². The van der Waals surface area contributed by atoms with Crippen LogP contribution in [0.25, 0.3) is 5.69 Å². The monoisotopic (exact) mass is 489 g/mol. The van der Waals surface area contributed by atoms with Crippen LogP contribution in [-0.4, -0.2) is 25.9 Å². The molecule has 0 aliphatic carbocycles. The summed E-state index contributed by atoms with van der Waals surface area (Å²) in [5, 5.41) is 2.95. The lowest BCUT2D eigenvalue weighted by molar-refractivity contribution is 0.0950. The van der Waals surface area contributed by atoms with E-state index in [1.165, 1.54) is 7.05 Å². The van der Waals surface area contributed by atoms with Crippen LogP contribution in [0.4, 0.5) is 0 Å². The van der Waals surface area contributed by atoms with Gasteiger partial charge in [0.2, 0.25) is 10.0 Å². The molecule has 0 spiro atoms. The summed E-state index contributed by atoms with van der Waals surface area (Å²) in [6, 6.07) is 17.0. The van der Waals surface area contributed by atoms with E-state index in [-0.39, 0.29) is 11.7 Å². The molecule has 0 atom stereocenters. The molecular formula is C22H24BrN3O3S. The summed E-state index contributed by atoms with van der Waals surface area (Å²) in [4.78, 5) is 12.8. The maximum Gasteiger partial charge on any atom is 0.253 e. The first-order valence-electron chi connectivity index (χ1n) is 9.42. The fourth-order valence-electron chi connectivity index (χ4n) is 3.30. The van der Waals surface area contributed by atoms with Crippen LogP contribution in [0.3, 0.4) is 0 Å². The van der Waals surface area contributed by atoms with Gasteiger partial charge in [0.05, 0.1) is 11.3 Å². The number of nitrogens with zero attached hydrogens (tertiary/aromatic N) is 1. The SMILES string of the molecule is CNS(=O)(=O)Cc1ccc(CNC(=O)c2cc(C)n(-c3ccc(Br)cc3)c2C)cc1. The van der Waals surface area contributed by atoms with Crippen LogP contribution < -0.4 is 10.0 Å². The first kappa shape index (κ1) is 22.3. The Hall–Kier alpha value is -2.42. The number of sulfonamides is 1. The lowest BCUT2D eigenvalue weighted by Crippen LogP contribution is -2.23. The van der Waals surface area contributed by atoms with Crippen LogP contribution in [0.5, 0.6) is 0 Å². The smallest absolute Gasteiger partial charge is 0.253 e. The van der Waals surface area contributed by atoms with Gasteiger partial charge in [0.15, 0.2) is 0 Å². The fourth-order valence-corrected chi connectivity index (χ4v) is 4.34. The minimum absolute atomic E-state index is 0.0712. The Morgan fingerprint density at radius 2 is 1.60 bits per heavy atom. The van der Waals surface area contributed by atoms with E-state index < -0.39 is 10.0 Å². The van der Waals surface area contributed by atoms with E-state index in [2.05, 4.69) is 30.5 Å². The highest BCUT2D eigenvalue weighted by Crippen LogP contribution is 2.22. The fraction of sp³-hybridized carbons (Fsp3) is 0.227. The summed E-state index contributed by atoms with van der Waals surface area (Å²) in [6.45, 7) is 4.27. The number of carbonyl (C=O) groups is 1. The van der Waals surface area contributed by atoms with Crippen molar-refractivity contribution in [2.75, 3.05) is 7.05 Å². The van der Waals surface area contributed by atoms with Crippen molar-refractivity contribution >= 4 is 31.9 Å². The van der Waals surface area contributed by atoms with Gasteiger partial charge in [-0.05, 0) is 62.4 Å². The number of aromatic nitrogens is 1. The van der Waals surface area contributed by atoms with Gasteiger partial charge in [0.1, 0.15) is 0 Å². The first-order chi connectivity index (χ1) is 14.2. The standard InChI is InChI=1S/C22H24BrN3O3S/c1-15-12-21(16(2)26(15)20-10-8-19(23)9-11-20)22(27)25-13-17-4-6-18(7-5-17)14-30(28,29)24-3/h4-12,24H,13-14H2,1-3H3,(H,25,27). The average Bonchev–Trinajstić information content (AvgIpc) is 3.02. The molecule has 0 radical (unpaired) electrons. The second-order valence-electron chi connectivity index (χ2n) is 7.06. The van der Waals surface area contributed by atoms with E-state index in [4.69, 9.17) is 0 Å². The maximum atomic E-state index is 12.8. The molecule has 1 heterocycles. The largest absolute Gasteiger partial charge is 0.348 e. The second kappa shape index (κ2) is 9.16. The topological polar surface area (TPSA) is 80.2 Å². The molecule has 1 aromatic heterocycles. The molecule has 2 aromatic carbocycles. The minimum atomic E-state index is -3.30. The Labute approximate surface area is 185 Å². The molecule has 0 unspecified atom stereocenters. The molecule has 8 heteroatoms. The Kier molecular flexibility index (Phi) is 6.80. The molecule has 0 aliphatic heterocycles. The summed E-state index contributed by atoms with van der Waals surface area (Å²) < 4.78 is 28.6. The molecule has 30 heavy (non-hydrogen) atoms. The van der Waals surface area contributed by atoms with Gasteiger partial charge in [-0.1, -0.05) is 40.2 Å². The Bertz CT molecular complexity index is 1150. The summed E-state index contributed by atoms with van der Waals surface area (Å²) in [5.74, 6) is -0.216. The molecule has 0 fully saturated rings. The van der Waals surface area contributed by atoms with Crippen LogP contribution in [-0.2, 0) is 22.3 Å². The summed E-state index contributed by atoms with van der Waals surface area (Å²) >= 11 is 3.44. The van der Waals surface area contributed by atoms with Gasteiger partial charge in [-0.2, -0.15) is 0 Å². The van der Waals surface area contributed by atoms with Gasteiger partial charge in [-0.25, -0.2) is 13.1 Å². The Morgan fingerprint density at radius 3 is 2.20 bits per heavy atom. The van der Waals surface area contributed by atoms with E-state index in [1.807, 2.05) is 56.3 Å². The number of hydrogen-bond acceptors (Lipinski definition) is 3. The number of aryl methyl sites for hydroxylation is 1. The van der Waals surface area contributed by atoms with E-state index in [1.54, 1.807) is 12.1 Å². The third-order valence-corrected chi connectivity index (χ3v) is 6.77. The highest BCUT2D eigenvalue weighted by atomic mass is 79.9. The molecule has 6 nitrogen and oxygen atoms in total. The molecule has 0 saturated heterocycles. The van der Waals surface area contributed by atoms with E-state index in [0.717, 1.165) is 27.1 Å². The number of hydrogen-bond donors (Lipinski definition) is 2. The van der Waals surface area contributed by atoms with Gasteiger partial charge in [-0.3, -0.25) is 4.79 Å². The van der Waals surface area contributed by atoms with Gasteiger partial charge < -0.3 is 9.88 Å². The minimum Gasteiger partial charge on any atom is -0.348 e. The molecule has 158 valence electrons. The zero-order chi connectivity index (χ0) is 21.9. The van der Waals surface area contributed by atoms with Crippen molar-refractivity contribution in [3.05, 3.63) is 87.1 Å². The molecule has 3 aromatic rings. The normalized spacial score (nSPS) is 11.5. The van der Waals surface area contributed by atoms with Crippen LogP contribution in [0, 0.1) is 13.8 Å². The number of benzene rings is 2. The van der Waals surface area contributed by atoms with Gasteiger partial charge >= 0.3 is 0 Å². The van der Waals surface area contributed by atoms with Crippen molar-refractivity contribution in [2.45, 2.75) is 26.1 Å². The molecule has 0 aliphatic rings. The number of rotatable bonds is 7. The van der Waals surface area contributed by atoms with Crippen molar-refractivity contribution in [3.63, 3.8) is 0 Å². The number of amides is 1. The maximum absolute atomic E-state index is 12.8. The molecule has 3 rings (SSSR count). The first-order valence-corrected chi connectivity index (χ1v) is 11.9. The quantitative estimate of drug-likeness (QED) is 0.528. The summed E-state index contributed by atoms with van der Waals surface area (Å²) in [6.07, 6.45) is 0. The Morgan fingerprint density at radius 1 is 1.00 bits per heavy atom. The van der Waals surface area contributed by atoms with Crippen molar-refractivity contribution in [1.82, 2.24) is 14.6 Å². The van der Waals surface area contributed by atoms with E-state index in [9.17, 15) is 13.2 Å². The molecule has 1 amide bonds. The van der Waals surface area contributed by atoms with Gasteiger partial charge in [-0.15, -0.1) is 0 Å². The summed E-state index contributed by atoms with van der Waals surface area (Å²) in [5.41, 5.74) is 5.08. The van der Waals surface area contributed by atoms with Crippen molar-refractivity contribution < 1.29 is 13.2 Å². The number of carbonyl (C=O) groups excluding carboxylic acids is 1. The number of nitrogens with one attached hydrogen (secondary N) is 2. The lowest BCUT2D eigenvalue weighted by Gasteiger charge is -2.10. The average molecular weight is 490 g/mol. The zero-order valence-corrected chi connectivity index (χ0v) is 19.5. The predicted molar refractivity (Wildman–Crippen MR) is 122 cm³/mol. The van der Waals surface area contributed by atoms with Crippen molar-refractivity contribution in [3.8, 4) is 5.69 Å². The molecular weight excluding hydrogens is 466 g/mol. The molecule has 0 bridgehead atoms. The van der Waals surface area contributed by atoms with Crippen LogP contribution in [0.15, 0.2) is 59.1 Å². The third-order valence-electron chi connectivity index (χ3n) is 4.90. The lowest BCUT2D eigenvalue weighted by atomic mass is 10.1. The Balaban J connectivity index is 1.70. The zero-order valence-electron chi connectivity index (χ0n) is 17.1. The second-order valence-corrected chi connectivity index (χ2v) is 9.90. The van der Waals surface area contributed by atoms with E-state index in [0.29, 0.717) is 17.7 Å². The van der Waals surface area contributed by atoms with Crippen LogP contribution in [0.1, 0.15) is 32.9 Å². The van der Waals surface area contributed by atoms with Crippen LogP contribution in [0.2, 0.25) is 0 Å².